The van der Waals surface area contributed by atoms with E-state index in [-0.39, 0.29) is 23.6 Å². The number of piperazine rings is 1. The Kier molecular flexibility index (Phi) is 6.89. The Balaban J connectivity index is 1.22. The van der Waals surface area contributed by atoms with Crippen LogP contribution in [0.5, 0.6) is 0 Å². The first-order valence-corrected chi connectivity index (χ1v) is 12.9. The van der Waals surface area contributed by atoms with E-state index in [1.54, 1.807) is 33.5 Å². The molecule has 0 radical (unpaired) electrons. The summed E-state index contributed by atoms with van der Waals surface area (Å²) in [6, 6.07) is 8.72. The summed E-state index contributed by atoms with van der Waals surface area (Å²) in [6.45, 7) is 7.05. The SMILES string of the molecule is CC(C)(C)OC(=O)N1CCN(C(=O)c2ccc(Nc3ncc(F)c(-c4ccc5ncsc5c4)n3)nc2)CC1. The maximum Gasteiger partial charge on any atom is 0.410 e. The molecule has 1 aromatic carbocycles. The fraction of sp³-hybridized carbons (Fsp3) is 0.308. The predicted octanol–water partition coefficient (Wildman–Crippen LogP) is 4.72. The summed E-state index contributed by atoms with van der Waals surface area (Å²) >= 11 is 1.47. The molecule has 3 aromatic heterocycles. The van der Waals surface area contributed by atoms with Crippen molar-refractivity contribution >= 4 is 45.3 Å². The van der Waals surface area contributed by atoms with Crippen LogP contribution >= 0.6 is 11.3 Å². The van der Waals surface area contributed by atoms with Gasteiger partial charge in [0.25, 0.3) is 5.91 Å². The highest BCUT2D eigenvalue weighted by Gasteiger charge is 2.28. The maximum atomic E-state index is 14.5. The molecule has 10 nitrogen and oxygen atoms in total. The van der Waals surface area contributed by atoms with Crippen LogP contribution in [0.1, 0.15) is 31.1 Å². The number of ether oxygens (including phenoxy) is 1. The first-order chi connectivity index (χ1) is 18.2. The van der Waals surface area contributed by atoms with Crippen LogP contribution in [0.2, 0.25) is 0 Å². The van der Waals surface area contributed by atoms with Crippen LogP contribution in [0, 0.1) is 5.82 Å². The third kappa shape index (κ3) is 5.70. The van der Waals surface area contributed by atoms with Gasteiger partial charge in [-0.05, 0) is 45.0 Å². The van der Waals surface area contributed by atoms with Gasteiger partial charge in [0.05, 0.1) is 27.5 Å². The molecule has 1 N–H and O–H groups in total. The van der Waals surface area contributed by atoms with Gasteiger partial charge in [-0.3, -0.25) is 4.79 Å². The number of nitrogens with zero attached hydrogens (tertiary/aromatic N) is 6. The Bertz CT molecular complexity index is 1480. The number of hydrogen-bond acceptors (Lipinski definition) is 9. The molecule has 5 rings (SSSR count). The fourth-order valence-corrected chi connectivity index (χ4v) is 4.66. The van der Waals surface area contributed by atoms with Crippen molar-refractivity contribution in [2.45, 2.75) is 26.4 Å². The summed E-state index contributed by atoms with van der Waals surface area (Å²) in [7, 11) is 0. The number of thiazole rings is 1. The summed E-state index contributed by atoms with van der Waals surface area (Å²) in [5.74, 6) is -0.130. The largest absolute Gasteiger partial charge is 0.444 e. The van der Waals surface area contributed by atoms with Crippen molar-refractivity contribution in [2.24, 2.45) is 0 Å². The molecule has 0 spiro atoms. The molecule has 0 saturated carbocycles. The van der Waals surface area contributed by atoms with E-state index < -0.39 is 11.4 Å². The Morgan fingerprint density at radius 3 is 2.47 bits per heavy atom. The second kappa shape index (κ2) is 10.3. The van der Waals surface area contributed by atoms with E-state index in [1.165, 1.54) is 17.5 Å². The summed E-state index contributed by atoms with van der Waals surface area (Å²) in [4.78, 5) is 45.4. The van der Waals surface area contributed by atoms with Gasteiger partial charge in [-0.15, -0.1) is 11.3 Å². The van der Waals surface area contributed by atoms with E-state index in [1.807, 2.05) is 32.9 Å². The number of carbonyl (C=O) groups excluding carboxylic acids is 2. The van der Waals surface area contributed by atoms with Gasteiger partial charge in [-0.1, -0.05) is 6.07 Å². The number of anilines is 2. The normalized spacial score (nSPS) is 14.0. The number of aromatic nitrogens is 4. The topological polar surface area (TPSA) is 113 Å². The highest BCUT2D eigenvalue weighted by molar-refractivity contribution is 7.16. The van der Waals surface area contributed by atoms with Crippen LogP contribution in [0.25, 0.3) is 21.5 Å². The minimum Gasteiger partial charge on any atom is -0.444 e. The third-order valence-corrected chi connectivity index (χ3v) is 6.61. The Morgan fingerprint density at radius 1 is 1.00 bits per heavy atom. The van der Waals surface area contributed by atoms with Crippen molar-refractivity contribution < 1.29 is 18.7 Å². The second-order valence-electron chi connectivity index (χ2n) is 9.74. The Hall–Kier alpha value is -4.19. The standard InChI is InChI=1S/C26H26FN7O3S/c1-26(2,3)37-25(36)34-10-8-33(9-11-34)23(35)17-5-7-21(28-13-17)31-24-29-14-18(27)22(32-24)16-4-6-19-20(12-16)38-15-30-19/h4-7,12-15H,8-11H2,1-3H3,(H,28,29,31,32). The predicted molar refractivity (Wildman–Crippen MR) is 142 cm³/mol. The van der Waals surface area contributed by atoms with Crippen LogP contribution < -0.4 is 5.32 Å². The van der Waals surface area contributed by atoms with Crippen molar-refractivity contribution in [3.63, 3.8) is 0 Å². The van der Waals surface area contributed by atoms with Crippen LogP contribution in [-0.2, 0) is 4.74 Å². The molecule has 0 atom stereocenters. The number of rotatable bonds is 4. The number of benzene rings is 1. The zero-order chi connectivity index (χ0) is 26.9. The molecule has 4 heterocycles. The van der Waals surface area contributed by atoms with Gasteiger partial charge in [0.2, 0.25) is 5.95 Å². The lowest BCUT2D eigenvalue weighted by Crippen LogP contribution is -2.51. The van der Waals surface area contributed by atoms with Gasteiger partial charge in [-0.2, -0.15) is 0 Å². The maximum absolute atomic E-state index is 14.5. The lowest BCUT2D eigenvalue weighted by molar-refractivity contribution is 0.0141. The van der Waals surface area contributed by atoms with Crippen molar-refractivity contribution in [1.29, 1.82) is 0 Å². The van der Waals surface area contributed by atoms with Gasteiger partial charge in [0.15, 0.2) is 5.82 Å². The van der Waals surface area contributed by atoms with Gasteiger partial charge < -0.3 is 19.9 Å². The number of hydrogen-bond donors (Lipinski definition) is 1. The molecule has 2 amide bonds. The first-order valence-electron chi connectivity index (χ1n) is 12.0. The number of amides is 2. The molecular weight excluding hydrogens is 509 g/mol. The number of pyridine rings is 1. The Morgan fingerprint density at radius 2 is 1.76 bits per heavy atom. The molecular formula is C26H26FN7O3S. The summed E-state index contributed by atoms with van der Waals surface area (Å²) in [5, 5.41) is 2.96. The van der Waals surface area contributed by atoms with E-state index >= 15 is 0 Å². The molecule has 12 heteroatoms. The van der Waals surface area contributed by atoms with E-state index in [0.717, 1.165) is 16.4 Å². The zero-order valence-electron chi connectivity index (χ0n) is 21.1. The van der Waals surface area contributed by atoms with Gasteiger partial charge in [0.1, 0.15) is 17.1 Å². The molecule has 38 heavy (non-hydrogen) atoms. The lowest BCUT2D eigenvalue weighted by Gasteiger charge is -2.35. The molecule has 1 fully saturated rings. The van der Waals surface area contributed by atoms with E-state index in [4.69, 9.17) is 4.74 Å². The zero-order valence-corrected chi connectivity index (χ0v) is 22.0. The Labute approximate surface area is 222 Å². The molecule has 1 aliphatic rings. The summed E-state index contributed by atoms with van der Waals surface area (Å²) in [5.41, 5.74) is 3.21. The minimum atomic E-state index is -0.567. The minimum absolute atomic E-state index is 0.162. The molecule has 1 aliphatic heterocycles. The van der Waals surface area contributed by atoms with Crippen LogP contribution in [0.4, 0.5) is 21.0 Å². The number of fused-ring (bicyclic) bond motifs is 1. The number of carbonyl (C=O) groups is 2. The average molecular weight is 536 g/mol. The van der Waals surface area contributed by atoms with Crippen LogP contribution in [0.15, 0.2) is 48.2 Å². The second-order valence-corrected chi connectivity index (χ2v) is 10.6. The van der Waals surface area contributed by atoms with Gasteiger partial charge in [0, 0.05) is 37.9 Å². The number of nitrogens with one attached hydrogen (secondary N) is 1. The van der Waals surface area contributed by atoms with Gasteiger partial charge >= 0.3 is 6.09 Å². The van der Waals surface area contributed by atoms with Gasteiger partial charge in [-0.25, -0.2) is 29.1 Å². The van der Waals surface area contributed by atoms with Crippen molar-refractivity contribution in [3.8, 4) is 11.3 Å². The smallest absolute Gasteiger partial charge is 0.410 e. The van der Waals surface area contributed by atoms with Crippen molar-refractivity contribution in [1.82, 2.24) is 29.7 Å². The van der Waals surface area contributed by atoms with Crippen LogP contribution in [-0.4, -0.2) is 73.5 Å². The van der Waals surface area contributed by atoms with E-state index in [0.29, 0.717) is 43.1 Å². The molecule has 1 saturated heterocycles. The first kappa shape index (κ1) is 25.5. The monoisotopic (exact) mass is 535 g/mol. The molecule has 0 aliphatic carbocycles. The highest BCUT2D eigenvalue weighted by atomic mass is 32.1. The molecule has 4 aromatic rings. The van der Waals surface area contributed by atoms with Crippen molar-refractivity contribution in [2.75, 3.05) is 31.5 Å². The highest BCUT2D eigenvalue weighted by Crippen LogP contribution is 2.27. The third-order valence-electron chi connectivity index (χ3n) is 5.82. The fourth-order valence-electron chi connectivity index (χ4n) is 3.94. The molecule has 0 bridgehead atoms. The van der Waals surface area contributed by atoms with E-state index in [9.17, 15) is 14.0 Å². The average Bonchev–Trinajstić information content (AvgIpc) is 3.37. The van der Waals surface area contributed by atoms with E-state index in [2.05, 4.69) is 25.3 Å². The molecule has 196 valence electrons. The quantitative estimate of drug-likeness (QED) is 0.399. The lowest BCUT2D eigenvalue weighted by atomic mass is 10.1. The summed E-state index contributed by atoms with van der Waals surface area (Å²) in [6.07, 6.45) is 2.20. The van der Waals surface area contributed by atoms with Crippen molar-refractivity contribution in [3.05, 3.63) is 59.6 Å². The summed E-state index contributed by atoms with van der Waals surface area (Å²) < 4.78 is 20.9. The molecule has 0 unspecified atom stereocenters. The van der Waals surface area contributed by atoms with Crippen LogP contribution in [0.3, 0.4) is 0 Å². The number of halogens is 1.